The van der Waals surface area contributed by atoms with Gasteiger partial charge in [0.25, 0.3) is 5.91 Å². The number of carbonyl (C=O) groups excluding carboxylic acids is 1. The number of nitrogens with one attached hydrogen (secondary N) is 1. The molecule has 1 aliphatic carbocycles. The second-order valence-electron chi connectivity index (χ2n) is 5.55. The molecule has 0 spiro atoms. The molecule has 1 aliphatic rings. The highest BCUT2D eigenvalue weighted by molar-refractivity contribution is 5.92. The number of nitrogens with zero attached hydrogens (tertiary/aromatic N) is 1. The third-order valence-corrected chi connectivity index (χ3v) is 3.89. The van der Waals surface area contributed by atoms with Gasteiger partial charge in [-0.3, -0.25) is 4.79 Å². The van der Waals surface area contributed by atoms with E-state index >= 15 is 0 Å². The first-order valence-corrected chi connectivity index (χ1v) is 7.57. The maximum Gasteiger partial charge on any atom is 0.270 e. The fraction of sp³-hybridized carbons (Fsp3) is 0.529. The van der Waals surface area contributed by atoms with E-state index in [2.05, 4.69) is 29.1 Å². The average molecular weight is 286 g/mol. The van der Waals surface area contributed by atoms with E-state index < -0.39 is 0 Å². The highest BCUT2D eigenvalue weighted by Gasteiger charge is 2.23. The van der Waals surface area contributed by atoms with Crippen molar-refractivity contribution < 1.29 is 9.90 Å². The smallest absolute Gasteiger partial charge is 0.270 e. The third kappa shape index (κ3) is 4.57. The van der Waals surface area contributed by atoms with Crippen LogP contribution in [-0.4, -0.2) is 28.6 Å². The van der Waals surface area contributed by atoms with Crippen LogP contribution >= 0.6 is 0 Å². The van der Waals surface area contributed by atoms with Crippen LogP contribution in [0.25, 0.3) is 0 Å². The van der Waals surface area contributed by atoms with E-state index in [4.69, 9.17) is 5.11 Å². The predicted molar refractivity (Wildman–Crippen MR) is 81.7 cm³/mol. The van der Waals surface area contributed by atoms with Gasteiger partial charge in [-0.15, -0.1) is 0 Å². The number of aliphatic hydroxyl groups excluding tert-OH is 1. The second kappa shape index (κ2) is 7.80. The largest absolute Gasteiger partial charge is 0.395 e. The lowest BCUT2D eigenvalue weighted by Crippen LogP contribution is -2.41. The number of hydrogen-bond acceptors (Lipinski definition) is 3. The molecule has 112 valence electrons. The Morgan fingerprint density at radius 1 is 1.43 bits per heavy atom. The summed E-state index contributed by atoms with van der Waals surface area (Å²) in [6, 6.07) is 3.75. The van der Waals surface area contributed by atoms with Crippen LogP contribution < -0.4 is 5.32 Å². The number of carbonyl (C=O) groups is 1. The molecule has 0 aliphatic heterocycles. The number of aliphatic hydroxyl groups is 1. The molecular weight excluding hydrogens is 264 g/mol. The minimum absolute atomic E-state index is 0.0560. The van der Waals surface area contributed by atoms with Crippen molar-refractivity contribution in [2.45, 2.75) is 45.1 Å². The molecule has 2 atom stereocenters. The highest BCUT2D eigenvalue weighted by Crippen LogP contribution is 2.23. The maximum atomic E-state index is 12.2. The highest BCUT2D eigenvalue weighted by atomic mass is 16.2. The van der Waals surface area contributed by atoms with Crippen molar-refractivity contribution in [1.82, 2.24) is 10.3 Å². The zero-order valence-corrected chi connectivity index (χ0v) is 12.4. The van der Waals surface area contributed by atoms with Gasteiger partial charge in [-0.1, -0.05) is 31.6 Å². The second-order valence-corrected chi connectivity index (χ2v) is 5.55. The van der Waals surface area contributed by atoms with Crippen molar-refractivity contribution in [1.29, 1.82) is 0 Å². The van der Waals surface area contributed by atoms with Gasteiger partial charge in [-0.2, -0.15) is 0 Å². The summed E-state index contributed by atoms with van der Waals surface area (Å²) in [4.78, 5) is 16.4. The minimum atomic E-state index is -0.108. The Morgan fingerprint density at radius 3 is 2.90 bits per heavy atom. The van der Waals surface area contributed by atoms with Gasteiger partial charge in [0, 0.05) is 24.2 Å². The van der Waals surface area contributed by atoms with Crippen LogP contribution in [0.2, 0.25) is 0 Å². The summed E-state index contributed by atoms with van der Waals surface area (Å²) in [5.41, 5.74) is 1.19. The predicted octanol–water partition coefficient (Wildman–Crippen LogP) is 2.12. The zero-order valence-electron chi connectivity index (χ0n) is 12.4. The van der Waals surface area contributed by atoms with Gasteiger partial charge in [-0.05, 0) is 30.9 Å². The Morgan fingerprint density at radius 2 is 2.24 bits per heavy atom. The molecule has 2 N–H and O–H groups in total. The Kier molecular flexibility index (Phi) is 5.77. The Hall–Kier alpha value is -1.86. The van der Waals surface area contributed by atoms with Crippen molar-refractivity contribution in [3.63, 3.8) is 0 Å². The van der Waals surface area contributed by atoms with Gasteiger partial charge < -0.3 is 10.4 Å². The number of aromatic nitrogens is 1. The van der Waals surface area contributed by atoms with Crippen molar-refractivity contribution >= 4 is 5.91 Å². The van der Waals surface area contributed by atoms with E-state index in [9.17, 15) is 4.79 Å². The first-order chi connectivity index (χ1) is 10.2. The molecule has 1 aromatic heterocycles. The summed E-state index contributed by atoms with van der Waals surface area (Å²) in [6.45, 7) is 2.25. The van der Waals surface area contributed by atoms with Crippen LogP contribution in [0.4, 0.5) is 0 Å². The molecule has 2 rings (SSSR count). The summed E-state index contributed by atoms with van der Waals surface area (Å²) in [7, 11) is 0. The van der Waals surface area contributed by atoms with E-state index in [-0.39, 0.29) is 18.6 Å². The monoisotopic (exact) mass is 286 g/mol. The first-order valence-electron chi connectivity index (χ1n) is 7.57. The zero-order chi connectivity index (χ0) is 15.1. The Labute approximate surface area is 126 Å². The molecule has 21 heavy (non-hydrogen) atoms. The molecule has 2 unspecified atom stereocenters. The fourth-order valence-electron chi connectivity index (χ4n) is 2.60. The van der Waals surface area contributed by atoms with Crippen LogP contribution in [0.15, 0.2) is 18.3 Å². The quantitative estimate of drug-likeness (QED) is 0.837. The molecule has 4 nitrogen and oxygen atoms in total. The molecular formula is C17H22N2O2. The molecule has 0 aromatic carbocycles. The lowest BCUT2D eigenvalue weighted by Gasteiger charge is -2.29. The van der Waals surface area contributed by atoms with Crippen molar-refractivity contribution in [3.05, 3.63) is 29.6 Å². The molecule has 1 amide bonds. The van der Waals surface area contributed by atoms with Crippen molar-refractivity contribution in [2.75, 3.05) is 6.61 Å². The van der Waals surface area contributed by atoms with E-state index in [0.29, 0.717) is 18.0 Å². The van der Waals surface area contributed by atoms with Gasteiger partial charge in [0.05, 0.1) is 6.61 Å². The molecule has 1 heterocycles. The number of hydrogen-bond donors (Lipinski definition) is 2. The maximum absolute atomic E-state index is 12.2. The van der Waals surface area contributed by atoms with Crippen LogP contribution in [0.3, 0.4) is 0 Å². The third-order valence-electron chi connectivity index (χ3n) is 3.89. The summed E-state index contributed by atoms with van der Waals surface area (Å²) < 4.78 is 0. The van der Waals surface area contributed by atoms with Gasteiger partial charge in [0.2, 0.25) is 0 Å². The van der Waals surface area contributed by atoms with Gasteiger partial charge in [0.1, 0.15) is 5.69 Å². The van der Waals surface area contributed by atoms with Crippen LogP contribution in [-0.2, 0) is 0 Å². The van der Waals surface area contributed by atoms with Gasteiger partial charge in [-0.25, -0.2) is 4.98 Å². The topological polar surface area (TPSA) is 62.2 Å². The lowest BCUT2D eigenvalue weighted by atomic mass is 9.86. The average Bonchev–Trinajstić information content (AvgIpc) is 2.50. The summed E-state index contributed by atoms with van der Waals surface area (Å²) in [5, 5.41) is 11.8. The van der Waals surface area contributed by atoms with E-state index in [1.807, 2.05) is 0 Å². The molecule has 1 saturated carbocycles. The lowest BCUT2D eigenvalue weighted by molar-refractivity contribution is 0.0905. The van der Waals surface area contributed by atoms with E-state index in [1.165, 1.54) is 19.3 Å². The SMILES string of the molecule is CC1CCCCC1NC(=O)c1ccc(C#CCCO)cn1. The summed E-state index contributed by atoms with van der Waals surface area (Å²) >= 11 is 0. The number of rotatable bonds is 3. The van der Waals surface area contributed by atoms with Gasteiger partial charge in [0.15, 0.2) is 0 Å². The molecule has 0 radical (unpaired) electrons. The molecule has 1 aromatic rings. The Bertz CT molecular complexity index is 528. The minimum Gasteiger partial charge on any atom is -0.395 e. The standard InChI is InChI=1S/C17H22N2O2/c1-13-6-2-3-8-15(13)19-17(21)16-10-9-14(12-18-16)7-4-5-11-20/h9-10,12-13,15,20H,2-3,5-6,8,11H2,1H3,(H,19,21). The van der Waals surface area contributed by atoms with Crippen LogP contribution in [0, 0.1) is 17.8 Å². The van der Waals surface area contributed by atoms with Crippen molar-refractivity contribution in [3.8, 4) is 11.8 Å². The van der Waals surface area contributed by atoms with Crippen LogP contribution in [0.1, 0.15) is 55.1 Å². The van der Waals surface area contributed by atoms with Gasteiger partial charge >= 0.3 is 0 Å². The normalized spacial score (nSPS) is 21.2. The fourth-order valence-corrected chi connectivity index (χ4v) is 2.60. The first kappa shape index (κ1) is 15.5. The molecule has 4 heteroatoms. The summed E-state index contributed by atoms with van der Waals surface area (Å²) in [5.74, 6) is 6.15. The number of amides is 1. The molecule has 0 bridgehead atoms. The number of pyridine rings is 1. The molecule has 1 fully saturated rings. The van der Waals surface area contributed by atoms with Crippen molar-refractivity contribution in [2.24, 2.45) is 5.92 Å². The van der Waals surface area contributed by atoms with Crippen LogP contribution in [0.5, 0.6) is 0 Å². The summed E-state index contributed by atoms with van der Waals surface area (Å²) in [6.07, 6.45) is 6.72. The van der Waals surface area contributed by atoms with E-state index in [1.54, 1.807) is 18.3 Å². The Balaban J connectivity index is 1.95. The molecule has 0 saturated heterocycles. The van der Waals surface area contributed by atoms with E-state index in [0.717, 1.165) is 12.0 Å².